The molecular weight excluding hydrogens is 404 g/mol. The lowest BCUT2D eigenvalue weighted by atomic mass is 9.97. The highest BCUT2D eigenvalue weighted by Crippen LogP contribution is 2.33. The van der Waals surface area contributed by atoms with Gasteiger partial charge in [0.25, 0.3) is 0 Å². The fourth-order valence-corrected chi connectivity index (χ4v) is 3.06. The van der Waals surface area contributed by atoms with E-state index in [9.17, 15) is 18.0 Å². The quantitative estimate of drug-likeness (QED) is 0.677. The summed E-state index contributed by atoms with van der Waals surface area (Å²) in [6.07, 6.45) is 2.42. The van der Waals surface area contributed by atoms with Crippen LogP contribution < -0.4 is 0 Å². The third-order valence-electron chi connectivity index (χ3n) is 3.83. The number of rotatable bonds is 3. The van der Waals surface area contributed by atoms with E-state index in [1.54, 1.807) is 24.3 Å². The Morgan fingerprint density at radius 1 is 1.00 bits per heavy atom. The summed E-state index contributed by atoms with van der Waals surface area (Å²) in [7, 11) is -1.88. The number of esters is 2. The molecule has 0 N–H and O–H groups in total. The molecule has 2 aromatic carbocycles. The van der Waals surface area contributed by atoms with Crippen LogP contribution in [0.2, 0.25) is 0 Å². The van der Waals surface area contributed by atoms with Gasteiger partial charge in [0.05, 0.1) is 17.6 Å². The first kappa shape index (κ1) is 25.1. The molecule has 0 spiro atoms. The van der Waals surface area contributed by atoms with Crippen LogP contribution in [-0.4, -0.2) is 40.3 Å². The number of carbonyl (C=O) groups excluding carboxylic acids is 2. The molecule has 0 aromatic heterocycles. The second-order valence-corrected chi connectivity index (χ2v) is 8.51. The van der Waals surface area contributed by atoms with E-state index in [1.165, 1.54) is 26.7 Å². The van der Waals surface area contributed by atoms with Crippen molar-refractivity contribution in [2.75, 3.05) is 20.0 Å². The third kappa shape index (κ3) is 7.48. The molecule has 0 aliphatic carbocycles. The Balaban J connectivity index is 0.000000485. The predicted octanol–water partition coefficient (Wildman–Crippen LogP) is 4.15. The molecule has 3 rings (SSSR count). The summed E-state index contributed by atoms with van der Waals surface area (Å²) in [5.41, 5.74) is 2.90. The molecule has 0 amide bonds. The summed E-state index contributed by atoms with van der Waals surface area (Å²) in [6.45, 7) is 5.81. The largest absolute Gasteiger partial charge is 0.469 e. The highest BCUT2D eigenvalue weighted by molar-refractivity contribution is 7.90. The van der Waals surface area contributed by atoms with Crippen LogP contribution in [0, 0.1) is 0 Å². The van der Waals surface area contributed by atoms with Gasteiger partial charge in [-0.05, 0) is 23.3 Å². The first-order chi connectivity index (χ1) is 14.1. The fourth-order valence-electron chi connectivity index (χ4n) is 2.43. The zero-order chi connectivity index (χ0) is 22.7. The Labute approximate surface area is 178 Å². The van der Waals surface area contributed by atoms with Crippen LogP contribution in [0.25, 0.3) is 11.1 Å². The Morgan fingerprint density at radius 3 is 1.93 bits per heavy atom. The summed E-state index contributed by atoms with van der Waals surface area (Å²) in [6, 6.07) is 15.8. The maximum atomic E-state index is 12.0. The Kier molecular flexibility index (Phi) is 9.98. The maximum Gasteiger partial charge on any atom is 0.339 e. The predicted molar refractivity (Wildman–Crippen MR) is 117 cm³/mol. The van der Waals surface area contributed by atoms with Crippen LogP contribution >= 0.6 is 0 Å². The molecular formula is C23H28O6S. The van der Waals surface area contributed by atoms with Crippen molar-refractivity contribution in [3.8, 4) is 0 Å². The number of carbonyl (C=O) groups is 2. The first-order valence-electron chi connectivity index (χ1n) is 9.46. The van der Waals surface area contributed by atoms with Gasteiger partial charge in [-0.1, -0.05) is 62.7 Å². The van der Waals surface area contributed by atoms with Crippen LogP contribution in [-0.2, 0) is 28.9 Å². The van der Waals surface area contributed by atoms with Crippen molar-refractivity contribution in [3.05, 3.63) is 65.7 Å². The van der Waals surface area contributed by atoms with E-state index in [2.05, 4.69) is 18.6 Å². The minimum absolute atomic E-state index is 0.196. The zero-order valence-electron chi connectivity index (χ0n) is 18.0. The summed E-state index contributed by atoms with van der Waals surface area (Å²) in [4.78, 5) is 21.9. The lowest BCUT2D eigenvalue weighted by Gasteiger charge is -2.05. The molecule has 30 heavy (non-hydrogen) atoms. The first-order valence-corrected chi connectivity index (χ1v) is 11.4. The van der Waals surface area contributed by atoms with Crippen molar-refractivity contribution in [2.24, 2.45) is 0 Å². The van der Waals surface area contributed by atoms with E-state index in [-0.39, 0.29) is 23.4 Å². The van der Waals surface area contributed by atoms with Crippen molar-refractivity contribution < 1.29 is 27.5 Å². The van der Waals surface area contributed by atoms with Gasteiger partial charge < -0.3 is 9.47 Å². The summed E-state index contributed by atoms with van der Waals surface area (Å²) in [5, 5.41) is 0. The van der Waals surface area contributed by atoms with E-state index < -0.39 is 9.84 Å². The van der Waals surface area contributed by atoms with Crippen LogP contribution in [0.3, 0.4) is 0 Å². The number of hydrogen-bond donors (Lipinski definition) is 0. The second-order valence-electron chi connectivity index (χ2n) is 6.50. The van der Waals surface area contributed by atoms with E-state index in [4.69, 9.17) is 4.74 Å². The van der Waals surface area contributed by atoms with Gasteiger partial charge in [-0.2, -0.15) is 0 Å². The van der Waals surface area contributed by atoms with Gasteiger partial charge in [0, 0.05) is 18.8 Å². The number of benzene rings is 2. The topological polar surface area (TPSA) is 86.7 Å². The number of sulfone groups is 1. The van der Waals surface area contributed by atoms with E-state index >= 15 is 0 Å². The van der Waals surface area contributed by atoms with E-state index in [0.717, 1.165) is 16.7 Å². The molecule has 0 radical (unpaired) electrons. The third-order valence-corrected chi connectivity index (χ3v) is 4.96. The van der Waals surface area contributed by atoms with Crippen LogP contribution in [0.4, 0.5) is 0 Å². The molecule has 0 saturated heterocycles. The van der Waals surface area contributed by atoms with Crippen molar-refractivity contribution in [2.45, 2.75) is 32.1 Å². The van der Waals surface area contributed by atoms with Crippen LogP contribution in [0.5, 0.6) is 0 Å². The van der Waals surface area contributed by atoms with Crippen LogP contribution in [0.15, 0.2) is 59.5 Å². The van der Waals surface area contributed by atoms with Gasteiger partial charge in [-0.3, -0.25) is 4.79 Å². The van der Waals surface area contributed by atoms with Gasteiger partial charge in [-0.25, -0.2) is 13.2 Å². The molecule has 0 unspecified atom stereocenters. The minimum atomic E-state index is -3.23. The maximum absolute atomic E-state index is 12.0. The molecule has 162 valence electrons. The molecule has 7 heteroatoms. The average Bonchev–Trinajstić information content (AvgIpc) is 3.10. The molecule has 0 atom stereocenters. The number of ether oxygens (including phenoxy) is 2. The van der Waals surface area contributed by atoms with Crippen molar-refractivity contribution >= 4 is 32.9 Å². The van der Waals surface area contributed by atoms with Crippen molar-refractivity contribution in [1.29, 1.82) is 0 Å². The highest BCUT2D eigenvalue weighted by atomic mass is 32.2. The standard InChI is InChI=1S/C17H14O4S.C3H6O2.C3H8/c1-22(19,20)14-9-7-12(8-10-14)15-11-21-17(18)16(15)13-5-3-2-4-6-13;1-3(4)5-2;1-3-2/h2-10H,11H2,1H3;1-2H3;3H2,1-2H3. The van der Waals surface area contributed by atoms with E-state index in [0.29, 0.717) is 5.57 Å². The lowest BCUT2D eigenvalue weighted by Crippen LogP contribution is -1.98. The second kappa shape index (κ2) is 11.9. The smallest absolute Gasteiger partial charge is 0.339 e. The van der Waals surface area contributed by atoms with Gasteiger partial charge in [0.1, 0.15) is 6.61 Å². The Morgan fingerprint density at radius 2 is 1.50 bits per heavy atom. The molecule has 1 aliphatic heterocycles. The highest BCUT2D eigenvalue weighted by Gasteiger charge is 2.27. The van der Waals surface area contributed by atoms with E-state index in [1.807, 2.05) is 30.3 Å². The SMILES string of the molecule is CCC.COC(C)=O.CS(=O)(=O)c1ccc(C2=C(c3ccccc3)C(=O)OC2)cc1. The normalized spacial score (nSPS) is 12.8. The average molecular weight is 433 g/mol. The fraction of sp³-hybridized carbons (Fsp3) is 0.304. The molecule has 2 aromatic rings. The molecule has 0 bridgehead atoms. The molecule has 0 saturated carbocycles. The van der Waals surface area contributed by atoms with Gasteiger partial charge in [0.2, 0.25) is 0 Å². The van der Waals surface area contributed by atoms with Gasteiger partial charge in [-0.15, -0.1) is 0 Å². The Hall–Kier alpha value is -2.93. The lowest BCUT2D eigenvalue weighted by molar-refractivity contribution is -0.138. The van der Waals surface area contributed by atoms with Gasteiger partial charge >= 0.3 is 11.9 Å². The number of methoxy groups -OCH3 is 1. The summed E-state index contributed by atoms with van der Waals surface area (Å²) < 4.78 is 32.3. The van der Waals surface area contributed by atoms with Crippen molar-refractivity contribution in [1.82, 2.24) is 0 Å². The molecule has 1 aliphatic rings. The number of hydrogen-bond acceptors (Lipinski definition) is 6. The summed E-state index contributed by atoms with van der Waals surface area (Å²) >= 11 is 0. The van der Waals surface area contributed by atoms with Crippen molar-refractivity contribution in [3.63, 3.8) is 0 Å². The monoisotopic (exact) mass is 432 g/mol. The summed E-state index contributed by atoms with van der Waals surface area (Å²) in [5.74, 6) is -0.599. The Bertz CT molecular complexity index is 974. The van der Waals surface area contributed by atoms with Gasteiger partial charge in [0.15, 0.2) is 9.84 Å². The zero-order valence-corrected chi connectivity index (χ0v) is 18.8. The molecule has 6 nitrogen and oxygen atoms in total. The molecule has 0 fully saturated rings. The number of cyclic esters (lactones) is 1. The molecule has 1 heterocycles. The van der Waals surface area contributed by atoms with Crippen LogP contribution in [0.1, 0.15) is 38.3 Å². The minimum Gasteiger partial charge on any atom is -0.469 e.